The third-order valence-corrected chi connectivity index (χ3v) is 8.51. The highest BCUT2D eigenvalue weighted by molar-refractivity contribution is 5.78. The van der Waals surface area contributed by atoms with Gasteiger partial charge < -0.3 is 14.7 Å². The SMILES string of the molecule is CC(C)N1CCC(C)(N2CCCCC2)CC1.CC(C)N1CCC(N2CCCC2=O)CC1. The number of likely N-dealkylation sites (tertiary alicyclic amines) is 4. The van der Waals surface area contributed by atoms with Crippen molar-refractivity contribution in [1.29, 1.82) is 0 Å². The zero-order chi connectivity index (χ0) is 22.4. The van der Waals surface area contributed by atoms with Crippen LogP contribution >= 0.6 is 0 Å². The lowest BCUT2D eigenvalue weighted by Crippen LogP contribution is -2.55. The first-order chi connectivity index (χ1) is 14.8. The molecular weight excluding hydrogens is 384 g/mol. The van der Waals surface area contributed by atoms with Crippen LogP contribution in [0.15, 0.2) is 0 Å². The van der Waals surface area contributed by atoms with Crippen molar-refractivity contribution in [3.05, 3.63) is 0 Å². The van der Waals surface area contributed by atoms with Gasteiger partial charge in [0, 0.05) is 62.8 Å². The molecule has 0 spiro atoms. The van der Waals surface area contributed by atoms with E-state index in [4.69, 9.17) is 0 Å². The van der Waals surface area contributed by atoms with Crippen LogP contribution in [0.25, 0.3) is 0 Å². The predicted octanol–water partition coefficient (Wildman–Crippen LogP) is 4.22. The van der Waals surface area contributed by atoms with E-state index in [2.05, 4.69) is 54.2 Å². The van der Waals surface area contributed by atoms with Gasteiger partial charge in [-0.25, -0.2) is 0 Å². The molecule has 4 heterocycles. The minimum absolute atomic E-state index is 0.387. The number of hydrogen-bond acceptors (Lipinski definition) is 4. The van der Waals surface area contributed by atoms with E-state index in [-0.39, 0.29) is 0 Å². The molecule has 0 bridgehead atoms. The zero-order valence-electron chi connectivity index (χ0n) is 21.2. The van der Waals surface area contributed by atoms with E-state index < -0.39 is 0 Å². The van der Waals surface area contributed by atoms with Crippen LogP contribution in [0, 0.1) is 0 Å². The molecule has 4 aliphatic heterocycles. The van der Waals surface area contributed by atoms with Gasteiger partial charge in [-0.15, -0.1) is 0 Å². The monoisotopic (exact) mass is 434 g/mol. The predicted molar refractivity (Wildman–Crippen MR) is 130 cm³/mol. The number of nitrogens with zero attached hydrogens (tertiary/aromatic N) is 4. The maximum atomic E-state index is 11.6. The van der Waals surface area contributed by atoms with Crippen LogP contribution < -0.4 is 0 Å². The van der Waals surface area contributed by atoms with Crippen LogP contribution in [0.4, 0.5) is 0 Å². The molecule has 0 radical (unpaired) electrons. The van der Waals surface area contributed by atoms with Gasteiger partial charge in [0.2, 0.25) is 5.91 Å². The Morgan fingerprint density at radius 3 is 1.77 bits per heavy atom. The van der Waals surface area contributed by atoms with Crippen molar-refractivity contribution < 1.29 is 4.79 Å². The van der Waals surface area contributed by atoms with Crippen LogP contribution in [0.1, 0.15) is 92.4 Å². The van der Waals surface area contributed by atoms with Crippen molar-refractivity contribution in [3.63, 3.8) is 0 Å². The van der Waals surface area contributed by atoms with E-state index in [0.717, 1.165) is 38.5 Å². The fourth-order valence-electron chi connectivity index (χ4n) is 6.04. The van der Waals surface area contributed by atoms with Crippen molar-refractivity contribution in [2.45, 2.75) is 116 Å². The summed E-state index contributed by atoms with van der Waals surface area (Å²) in [5, 5.41) is 0. The summed E-state index contributed by atoms with van der Waals surface area (Å²) < 4.78 is 0. The smallest absolute Gasteiger partial charge is 0.222 e. The molecule has 0 saturated carbocycles. The second-order valence-electron chi connectivity index (χ2n) is 11.2. The van der Waals surface area contributed by atoms with Gasteiger partial charge in [-0.2, -0.15) is 0 Å². The second-order valence-corrected chi connectivity index (χ2v) is 11.2. The Kier molecular flexibility index (Phi) is 9.24. The Morgan fingerprint density at radius 1 is 0.742 bits per heavy atom. The van der Waals surface area contributed by atoms with Crippen LogP contribution in [0.3, 0.4) is 0 Å². The average molecular weight is 435 g/mol. The summed E-state index contributed by atoms with van der Waals surface area (Å²) in [7, 11) is 0. The molecule has 5 heteroatoms. The number of rotatable bonds is 4. The summed E-state index contributed by atoms with van der Waals surface area (Å²) in [6.07, 6.45) is 11.2. The summed E-state index contributed by atoms with van der Waals surface area (Å²) in [5.74, 6) is 0.387. The van der Waals surface area contributed by atoms with Crippen LogP contribution in [0.5, 0.6) is 0 Å². The summed E-state index contributed by atoms with van der Waals surface area (Å²) in [6, 6.07) is 1.92. The van der Waals surface area contributed by atoms with E-state index in [0.29, 0.717) is 23.5 Å². The lowest BCUT2D eigenvalue weighted by Gasteiger charge is -2.49. The fourth-order valence-corrected chi connectivity index (χ4v) is 6.04. The highest BCUT2D eigenvalue weighted by atomic mass is 16.2. The normalized spacial score (nSPS) is 27.1. The molecule has 4 fully saturated rings. The Bertz CT molecular complexity index is 542. The van der Waals surface area contributed by atoms with Crippen LogP contribution in [-0.4, -0.2) is 95.0 Å². The van der Waals surface area contributed by atoms with Gasteiger partial charge >= 0.3 is 0 Å². The summed E-state index contributed by atoms with van der Waals surface area (Å²) in [6.45, 7) is 20.3. The van der Waals surface area contributed by atoms with E-state index >= 15 is 0 Å². The molecule has 5 nitrogen and oxygen atoms in total. The van der Waals surface area contributed by atoms with Gasteiger partial charge in [0.25, 0.3) is 0 Å². The summed E-state index contributed by atoms with van der Waals surface area (Å²) in [4.78, 5) is 21.6. The largest absolute Gasteiger partial charge is 0.340 e. The van der Waals surface area contributed by atoms with Crippen molar-refractivity contribution in [2.24, 2.45) is 0 Å². The molecule has 0 atom stereocenters. The third kappa shape index (κ3) is 6.68. The van der Waals surface area contributed by atoms with E-state index in [1.807, 2.05) is 0 Å². The molecule has 4 saturated heterocycles. The number of carbonyl (C=O) groups excluding carboxylic acids is 1. The summed E-state index contributed by atoms with van der Waals surface area (Å²) >= 11 is 0. The van der Waals surface area contributed by atoms with Crippen molar-refractivity contribution >= 4 is 5.91 Å². The maximum absolute atomic E-state index is 11.6. The van der Waals surface area contributed by atoms with Crippen LogP contribution in [-0.2, 0) is 4.79 Å². The topological polar surface area (TPSA) is 30.0 Å². The van der Waals surface area contributed by atoms with Crippen molar-refractivity contribution in [1.82, 2.24) is 19.6 Å². The van der Waals surface area contributed by atoms with Gasteiger partial charge in [-0.3, -0.25) is 9.69 Å². The van der Waals surface area contributed by atoms with Gasteiger partial charge in [0.1, 0.15) is 0 Å². The molecule has 0 aromatic rings. The van der Waals surface area contributed by atoms with Crippen molar-refractivity contribution in [3.8, 4) is 0 Å². The third-order valence-electron chi connectivity index (χ3n) is 8.51. The highest BCUT2D eigenvalue weighted by Gasteiger charge is 2.36. The van der Waals surface area contributed by atoms with E-state index in [1.54, 1.807) is 0 Å². The average Bonchev–Trinajstić information content (AvgIpc) is 3.21. The quantitative estimate of drug-likeness (QED) is 0.663. The fraction of sp³-hybridized carbons (Fsp3) is 0.962. The number of piperidine rings is 3. The number of amides is 1. The van der Waals surface area contributed by atoms with E-state index in [1.165, 1.54) is 71.1 Å². The molecular formula is C26H50N4O. The lowest BCUT2D eigenvalue weighted by atomic mass is 9.85. The molecule has 31 heavy (non-hydrogen) atoms. The first-order valence-electron chi connectivity index (χ1n) is 13.3. The Labute approximate surface area is 192 Å². The van der Waals surface area contributed by atoms with Crippen molar-refractivity contribution in [2.75, 3.05) is 45.8 Å². The van der Waals surface area contributed by atoms with Crippen LogP contribution in [0.2, 0.25) is 0 Å². The standard InChI is InChI=1S/C14H28N2.C12H22N2O/c1-13(2)15-11-7-14(3,8-12-15)16-9-5-4-6-10-16;1-10(2)13-8-5-11(6-9-13)14-7-3-4-12(14)15/h13H,4-12H2,1-3H3;10-11H,3-9H2,1-2H3. The van der Waals surface area contributed by atoms with E-state index in [9.17, 15) is 4.79 Å². The Balaban J connectivity index is 0.000000176. The molecule has 0 N–H and O–H groups in total. The molecule has 0 aromatic heterocycles. The minimum atomic E-state index is 0.387. The van der Waals surface area contributed by atoms with Gasteiger partial charge in [-0.1, -0.05) is 6.42 Å². The lowest BCUT2D eigenvalue weighted by molar-refractivity contribution is -0.130. The summed E-state index contributed by atoms with van der Waals surface area (Å²) in [5.41, 5.74) is 0.506. The zero-order valence-corrected chi connectivity index (χ0v) is 21.2. The van der Waals surface area contributed by atoms with Gasteiger partial charge in [-0.05, 0) is 92.7 Å². The van der Waals surface area contributed by atoms with Gasteiger partial charge in [0.15, 0.2) is 0 Å². The maximum Gasteiger partial charge on any atom is 0.222 e. The highest BCUT2D eigenvalue weighted by Crippen LogP contribution is 2.31. The number of hydrogen-bond donors (Lipinski definition) is 0. The Hall–Kier alpha value is -0.650. The molecule has 0 unspecified atom stereocenters. The molecule has 180 valence electrons. The Morgan fingerprint density at radius 2 is 1.29 bits per heavy atom. The molecule has 4 rings (SSSR count). The molecule has 1 amide bonds. The minimum Gasteiger partial charge on any atom is -0.340 e. The molecule has 4 aliphatic rings. The molecule has 0 aliphatic carbocycles. The first-order valence-corrected chi connectivity index (χ1v) is 13.3. The van der Waals surface area contributed by atoms with Gasteiger partial charge in [0.05, 0.1) is 0 Å². The second kappa shape index (κ2) is 11.5. The molecule has 0 aromatic carbocycles. The first kappa shape index (κ1) is 25.0. The number of carbonyl (C=O) groups is 1.